The topological polar surface area (TPSA) is 62.1 Å². The third-order valence-electron chi connectivity index (χ3n) is 3.79. The number of nitrogens with zero attached hydrogens (tertiary/aromatic N) is 1. The van der Waals surface area contributed by atoms with Crippen LogP contribution in [0.4, 0.5) is 5.69 Å². The first-order chi connectivity index (χ1) is 12.5. The summed E-state index contributed by atoms with van der Waals surface area (Å²) in [4.78, 5) is 12.5. The molecule has 0 aliphatic carbocycles. The summed E-state index contributed by atoms with van der Waals surface area (Å²) in [7, 11) is 0. The predicted molar refractivity (Wildman–Crippen MR) is 108 cm³/mol. The number of hydrogen-bond acceptors (Lipinski definition) is 3. The highest BCUT2D eigenvalue weighted by Crippen LogP contribution is 2.26. The number of benzene rings is 2. The Hall–Kier alpha value is -2.58. The highest BCUT2D eigenvalue weighted by Gasteiger charge is 2.12. The largest absolute Gasteiger partial charge is 0.493 e. The molecule has 0 aliphatic rings. The summed E-state index contributed by atoms with van der Waals surface area (Å²) in [5.41, 5.74) is 2.33. The second kappa shape index (κ2) is 9.79. The van der Waals surface area contributed by atoms with Crippen LogP contribution in [0.1, 0.15) is 30.9 Å². The molecule has 1 N–H and O–H groups in total. The fraction of sp³-hybridized carbons (Fsp3) is 0.238. The summed E-state index contributed by atoms with van der Waals surface area (Å²) in [5.74, 6) is 0.208. The van der Waals surface area contributed by atoms with Gasteiger partial charge in [0.2, 0.25) is 0 Å². The molecule has 2 aromatic rings. The number of carbonyl (C=O) groups is 1. The molecule has 1 amide bonds. The maximum atomic E-state index is 12.5. The summed E-state index contributed by atoms with van der Waals surface area (Å²) in [6, 6.07) is 15.0. The van der Waals surface area contributed by atoms with Gasteiger partial charge >= 0.3 is 0 Å². The number of nitriles is 1. The maximum absolute atomic E-state index is 12.5. The van der Waals surface area contributed by atoms with Gasteiger partial charge in [0, 0.05) is 15.7 Å². The molecule has 0 saturated carbocycles. The monoisotopic (exact) mass is 412 g/mol. The molecule has 0 bridgehead atoms. The van der Waals surface area contributed by atoms with Gasteiger partial charge in [-0.2, -0.15) is 5.26 Å². The summed E-state index contributed by atoms with van der Waals surface area (Å²) in [5, 5.41) is 12.2. The van der Waals surface area contributed by atoms with Crippen LogP contribution in [0.25, 0.3) is 6.08 Å². The lowest BCUT2D eigenvalue weighted by molar-refractivity contribution is -0.112. The minimum atomic E-state index is -0.443. The Morgan fingerprint density at radius 2 is 2.08 bits per heavy atom. The van der Waals surface area contributed by atoms with Crippen LogP contribution in [0.2, 0.25) is 0 Å². The van der Waals surface area contributed by atoms with Gasteiger partial charge < -0.3 is 10.1 Å². The fourth-order valence-electron chi connectivity index (χ4n) is 2.30. The highest BCUT2D eigenvalue weighted by molar-refractivity contribution is 9.10. The van der Waals surface area contributed by atoms with Crippen LogP contribution in [0.5, 0.6) is 5.75 Å². The first-order valence-electron chi connectivity index (χ1n) is 8.46. The van der Waals surface area contributed by atoms with E-state index in [1.54, 1.807) is 12.1 Å². The first-order valence-corrected chi connectivity index (χ1v) is 9.25. The minimum Gasteiger partial charge on any atom is -0.493 e. The van der Waals surface area contributed by atoms with Crippen molar-refractivity contribution in [2.75, 3.05) is 11.9 Å². The molecule has 0 spiro atoms. The number of para-hydroxylation sites is 1. The molecular formula is C21H21BrN2O2. The van der Waals surface area contributed by atoms with Gasteiger partial charge in [-0.15, -0.1) is 0 Å². The van der Waals surface area contributed by atoms with Gasteiger partial charge in [0.1, 0.15) is 17.4 Å². The molecule has 4 nitrogen and oxygen atoms in total. The van der Waals surface area contributed by atoms with Gasteiger partial charge in [0.05, 0.1) is 6.61 Å². The van der Waals surface area contributed by atoms with E-state index < -0.39 is 5.91 Å². The molecule has 2 aromatic carbocycles. The average Bonchev–Trinajstić information content (AvgIpc) is 2.63. The Kier molecular flexibility index (Phi) is 7.43. The van der Waals surface area contributed by atoms with E-state index in [4.69, 9.17) is 4.74 Å². The number of unbranched alkanes of at least 4 members (excludes halogenated alkanes) is 1. The number of halogens is 1. The second-order valence-electron chi connectivity index (χ2n) is 5.82. The summed E-state index contributed by atoms with van der Waals surface area (Å²) < 4.78 is 6.64. The molecule has 0 aliphatic heterocycles. The van der Waals surface area contributed by atoms with E-state index in [1.807, 2.05) is 49.4 Å². The van der Waals surface area contributed by atoms with E-state index >= 15 is 0 Å². The van der Waals surface area contributed by atoms with E-state index in [9.17, 15) is 10.1 Å². The standard InChI is InChI=1S/C21H21BrN2O2/c1-3-4-11-26-20-10-9-18(22)13-16(20)12-17(14-23)21(25)24-19-8-6-5-7-15(19)2/h5-10,12-13H,3-4,11H2,1-2H3,(H,24,25). The van der Waals surface area contributed by atoms with Gasteiger partial charge in [-0.3, -0.25) is 4.79 Å². The SMILES string of the molecule is CCCCOc1ccc(Br)cc1C=C(C#N)C(=O)Nc1ccccc1C. The van der Waals surface area contributed by atoms with Crippen LogP contribution in [0.3, 0.4) is 0 Å². The number of anilines is 1. The third kappa shape index (κ3) is 5.47. The van der Waals surface area contributed by atoms with Crippen molar-refractivity contribution in [3.63, 3.8) is 0 Å². The van der Waals surface area contributed by atoms with Gasteiger partial charge in [-0.25, -0.2) is 0 Å². The quantitative estimate of drug-likeness (QED) is 0.371. The van der Waals surface area contributed by atoms with Gasteiger partial charge in [-0.05, 0) is 49.2 Å². The molecule has 0 saturated heterocycles. The summed E-state index contributed by atoms with van der Waals surface area (Å²) >= 11 is 3.42. The molecule has 0 fully saturated rings. The molecule has 0 heterocycles. The molecule has 0 radical (unpaired) electrons. The van der Waals surface area contributed by atoms with Crippen LogP contribution < -0.4 is 10.1 Å². The van der Waals surface area contributed by atoms with Crippen LogP contribution in [-0.4, -0.2) is 12.5 Å². The highest BCUT2D eigenvalue weighted by atomic mass is 79.9. The lowest BCUT2D eigenvalue weighted by Crippen LogP contribution is -2.14. The van der Waals surface area contributed by atoms with Crippen molar-refractivity contribution in [1.82, 2.24) is 0 Å². The van der Waals surface area contributed by atoms with Crippen molar-refractivity contribution >= 4 is 33.6 Å². The zero-order chi connectivity index (χ0) is 18.9. The maximum Gasteiger partial charge on any atom is 0.266 e. The Labute approximate surface area is 162 Å². The van der Waals surface area contributed by atoms with E-state index in [0.29, 0.717) is 23.6 Å². The summed E-state index contributed by atoms with van der Waals surface area (Å²) in [6.07, 6.45) is 3.53. The van der Waals surface area contributed by atoms with Gasteiger partial charge in [0.25, 0.3) is 5.91 Å². The van der Waals surface area contributed by atoms with Crippen LogP contribution in [-0.2, 0) is 4.79 Å². The van der Waals surface area contributed by atoms with Crippen molar-refractivity contribution < 1.29 is 9.53 Å². The lowest BCUT2D eigenvalue weighted by Gasteiger charge is -2.10. The first kappa shape index (κ1) is 19.7. The Balaban J connectivity index is 2.27. The number of nitrogens with one attached hydrogen (secondary N) is 1. The molecule has 0 unspecified atom stereocenters. The van der Waals surface area contributed by atoms with E-state index in [2.05, 4.69) is 28.2 Å². The lowest BCUT2D eigenvalue weighted by atomic mass is 10.1. The fourth-order valence-corrected chi connectivity index (χ4v) is 2.68. The Bertz CT molecular complexity index is 853. The van der Waals surface area contributed by atoms with Crippen molar-refractivity contribution in [1.29, 1.82) is 5.26 Å². The van der Waals surface area contributed by atoms with E-state index in [0.717, 1.165) is 22.9 Å². The normalized spacial score (nSPS) is 10.9. The summed E-state index contributed by atoms with van der Waals surface area (Å²) in [6.45, 7) is 4.59. The van der Waals surface area contributed by atoms with Crippen molar-refractivity contribution in [3.8, 4) is 11.8 Å². The number of hydrogen-bond donors (Lipinski definition) is 1. The van der Waals surface area contributed by atoms with Crippen LogP contribution in [0.15, 0.2) is 52.5 Å². The van der Waals surface area contributed by atoms with Crippen molar-refractivity contribution in [2.24, 2.45) is 0 Å². The number of rotatable bonds is 7. The second-order valence-corrected chi connectivity index (χ2v) is 6.74. The van der Waals surface area contributed by atoms with Gasteiger partial charge in [-0.1, -0.05) is 47.5 Å². The molecule has 26 heavy (non-hydrogen) atoms. The molecule has 0 aromatic heterocycles. The minimum absolute atomic E-state index is 0.0201. The Morgan fingerprint density at radius 3 is 2.77 bits per heavy atom. The zero-order valence-electron chi connectivity index (χ0n) is 14.9. The molecule has 5 heteroatoms. The third-order valence-corrected chi connectivity index (χ3v) is 4.28. The van der Waals surface area contributed by atoms with Crippen molar-refractivity contribution in [2.45, 2.75) is 26.7 Å². The smallest absolute Gasteiger partial charge is 0.266 e. The molecular weight excluding hydrogens is 392 g/mol. The van der Waals surface area contributed by atoms with Crippen LogP contribution in [0, 0.1) is 18.3 Å². The van der Waals surface area contributed by atoms with E-state index in [1.165, 1.54) is 0 Å². The molecule has 2 rings (SSSR count). The average molecular weight is 413 g/mol. The number of amides is 1. The number of ether oxygens (including phenoxy) is 1. The Morgan fingerprint density at radius 1 is 1.31 bits per heavy atom. The number of carbonyl (C=O) groups excluding carboxylic acids is 1. The van der Waals surface area contributed by atoms with Crippen molar-refractivity contribution in [3.05, 3.63) is 63.6 Å². The molecule has 134 valence electrons. The zero-order valence-corrected chi connectivity index (χ0v) is 16.5. The molecule has 0 atom stereocenters. The number of aryl methyl sites for hydroxylation is 1. The predicted octanol–water partition coefficient (Wildman–Crippen LogP) is 5.48. The van der Waals surface area contributed by atoms with Gasteiger partial charge in [0.15, 0.2) is 0 Å². The van der Waals surface area contributed by atoms with Crippen LogP contribution >= 0.6 is 15.9 Å². The van der Waals surface area contributed by atoms with E-state index in [-0.39, 0.29) is 5.57 Å².